The Hall–Kier alpha value is -1.36. The molecule has 0 aliphatic carbocycles. The molecule has 4 heteroatoms. The van der Waals surface area contributed by atoms with Crippen LogP contribution in [0.2, 0.25) is 0 Å². The second-order valence-electron chi connectivity index (χ2n) is 7.25. The summed E-state index contributed by atoms with van der Waals surface area (Å²) in [4.78, 5) is 2.61. The minimum Gasteiger partial charge on any atom is -0.464 e. The number of furan rings is 1. The summed E-state index contributed by atoms with van der Waals surface area (Å²) in [6.07, 6.45) is 5.23. The molecule has 0 saturated carbocycles. The zero-order chi connectivity index (χ0) is 16.2. The minimum absolute atomic E-state index is 0.555. The van der Waals surface area contributed by atoms with E-state index in [1.807, 2.05) is 6.07 Å². The lowest BCUT2D eigenvalue weighted by Crippen LogP contribution is -2.36. The van der Waals surface area contributed by atoms with Gasteiger partial charge in [-0.2, -0.15) is 0 Å². The molecular weight excluding hydrogens is 302 g/mol. The van der Waals surface area contributed by atoms with Crippen LogP contribution in [0.15, 0.2) is 34.9 Å². The highest BCUT2D eigenvalue weighted by Gasteiger charge is 2.23. The second-order valence-corrected chi connectivity index (χ2v) is 7.25. The molecule has 4 rings (SSSR count). The van der Waals surface area contributed by atoms with Crippen LogP contribution in [0.5, 0.6) is 0 Å². The van der Waals surface area contributed by atoms with E-state index in [1.54, 1.807) is 6.26 Å². The van der Waals surface area contributed by atoms with Crippen LogP contribution < -0.4 is 0 Å². The van der Waals surface area contributed by atoms with E-state index < -0.39 is 0 Å². The summed E-state index contributed by atoms with van der Waals surface area (Å²) < 4.78 is 16.9. The van der Waals surface area contributed by atoms with Gasteiger partial charge in [0.15, 0.2) is 0 Å². The Bertz CT molecular complexity index is 647. The summed E-state index contributed by atoms with van der Waals surface area (Å²) in [5, 5.41) is 1.18. The number of hydrogen-bond donors (Lipinski definition) is 0. The number of fused-ring (bicyclic) bond motifs is 1. The van der Waals surface area contributed by atoms with E-state index in [0.717, 1.165) is 57.4 Å². The summed E-state index contributed by atoms with van der Waals surface area (Å²) in [5.74, 6) is 1.34. The fraction of sp³-hybridized carbons (Fsp3) is 0.600. The third-order valence-corrected chi connectivity index (χ3v) is 5.32. The van der Waals surface area contributed by atoms with Gasteiger partial charge in [-0.3, -0.25) is 0 Å². The molecule has 0 bridgehead atoms. The van der Waals surface area contributed by atoms with Gasteiger partial charge < -0.3 is 18.8 Å². The van der Waals surface area contributed by atoms with Gasteiger partial charge in [0.2, 0.25) is 0 Å². The zero-order valence-corrected chi connectivity index (χ0v) is 14.3. The zero-order valence-electron chi connectivity index (χ0n) is 14.3. The van der Waals surface area contributed by atoms with Gasteiger partial charge in [-0.15, -0.1) is 0 Å². The van der Waals surface area contributed by atoms with Gasteiger partial charge in [-0.25, -0.2) is 0 Å². The monoisotopic (exact) mass is 329 g/mol. The molecule has 130 valence electrons. The van der Waals surface area contributed by atoms with Crippen molar-refractivity contribution in [3.63, 3.8) is 0 Å². The molecular formula is C20H27NO3. The molecule has 0 spiro atoms. The van der Waals surface area contributed by atoms with Crippen molar-refractivity contribution in [1.82, 2.24) is 4.90 Å². The standard InChI is InChI=1S/C20H27NO3/c1-2-19-5-9-24-20(19)12-17(1)11-18-14-21(6-10-23-15-18)13-16-3-7-22-8-4-16/h1-2,5,9,12,16,18H,3-4,6-8,10-11,13-15H2. The van der Waals surface area contributed by atoms with E-state index in [1.165, 1.54) is 30.3 Å². The predicted octanol–water partition coefficient (Wildman–Crippen LogP) is 3.35. The van der Waals surface area contributed by atoms with Crippen LogP contribution in [0, 0.1) is 11.8 Å². The van der Waals surface area contributed by atoms with Crippen molar-refractivity contribution >= 4 is 11.0 Å². The normalized spacial score (nSPS) is 24.2. The Morgan fingerprint density at radius 1 is 1.00 bits per heavy atom. The summed E-state index contributed by atoms with van der Waals surface area (Å²) in [5.41, 5.74) is 2.33. The van der Waals surface area contributed by atoms with E-state index >= 15 is 0 Å². The molecule has 24 heavy (non-hydrogen) atoms. The highest BCUT2D eigenvalue weighted by molar-refractivity contribution is 5.77. The largest absolute Gasteiger partial charge is 0.464 e. The van der Waals surface area contributed by atoms with E-state index in [0.29, 0.717) is 5.92 Å². The van der Waals surface area contributed by atoms with Crippen molar-refractivity contribution in [2.75, 3.05) is 46.1 Å². The van der Waals surface area contributed by atoms with Crippen molar-refractivity contribution in [2.24, 2.45) is 11.8 Å². The van der Waals surface area contributed by atoms with Crippen molar-refractivity contribution in [3.05, 3.63) is 36.1 Å². The van der Waals surface area contributed by atoms with Gasteiger partial charge in [0, 0.05) is 38.2 Å². The van der Waals surface area contributed by atoms with E-state index in [-0.39, 0.29) is 0 Å². The lowest BCUT2D eigenvalue weighted by atomic mass is 9.96. The topological polar surface area (TPSA) is 34.8 Å². The fourth-order valence-corrected chi connectivity index (χ4v) is 4.00. The van der Waals surface area contributed by atoms with Gasteiger partial charge in [0.25, 0.3) is 0 Å². The molecule has 1 aromatic carbocycles. The second kappa shape index (κ2) is 7.68. The van der Waals surface area contributed by atoms with Crippen LogP contribution >= 0.6 is 0 Å². The Morgan fingerprint density at radius 2 is 1.92 bits per heavy atom. The lowest BCUT2D eigenvalue weighted by Gasteiger charge is -2.30. The van der Waals surface area contributed by atoms with Crippen LogP contribution in [-0.4, -0.2) is 51.0 Å². The Morgan fingerprint density at radius 3 is 2.83 bits per heavy atom. The summed E-state index contributed by atoms with van der Waals surface area (Å²) >= 11 is 0. The van der Waals surface area contributed by atoms with Gasteiger partial charge >= 0.3 is 0 Å². The SMILES string of the molecule is c1cc2ccc(CC3COCCN(CC4CCOCC4)C3)cc2o1. The van der Waals surface area contributed by atoms with Gasteiger partial charge in [0.1, 0.15) is 5.58 Å². The summed E-state index contributed by atoms with van der Waals surface area (Å²) in [6, 6.07) is 8.59. The summed E-state index contributed by atoms with van der Waals surface area (Å²) in [6.45, 7) is 6.97. The number of hydrogen-bond acceptors (Lipinski definition) is 4. The molecule has 1 aromatic heterocycles. The average Bonchev–Trinajstić information content (AvgIpc) is 2.96. The number of rotatable bonds is 4. The molecule has 1 unspecified atom stereocenters. The first-order valence-electron chi connectivity index (χ1n) is 9.21. The molecule has 4 nitrogen and oxygen atoms in total. The third kappa shape index (κ3) is 4.00. The number of ether oxygens (including phenoxy) is 2. The molecule has 2 aromatic rings. The summed E-state index contributed by atoms with van der Waals surface area (Å²) in [7, 11) is 0. The minimum atomic E-state index is 0.555. The Labute approximate surface area is 143 Å². The molecule has 3 heterocycles. The fourth-order valence-electron chi connectivity index (χ4n) is 4.00. The third-order valence-electron chi connectivity index (χ3n) is 5.32. The van der Waals surface area contributed by atoms with Crippen LogP contribution in [0.4, 0.5) is 0 Å². The highest BCUT2D eigenvalue weighted by atomic mass is 16.5. The lowest BCUT2D eigenvalue weighted by molar-refractivity contribution is 0.0512. The molecule has 2 aliphatic heterocycles. The van der Waals surface area contributed by atoms with Gasteiger partial charge in [0.05, 0.1) is 19.5 Å². The molecule has 0 radical (unpaired) electrons. The molecule has 0 amide bonds. The van der Waals surface area contributed by atoms with Gasteiger partial charge in [-0.1, -0.05) is 12.1 Å². The smallest absolute Gasteiger partial charge is 0.134 e. The van der Waals surface area contributed by atoms with Crippen LogP contribution in [-0.2, 0) is 15.9 Å². The maximum atomic E-state index is 5.88. The van der Waals surface area contributed by atoms with Crippen molar-refractivity contribution in [2.45, 2.75) is 19.3 Å². The van der Waals surface area contributed by atoms with Crippen LogP contribution in [0.25, 0.3) is 11.0 Å². The maximum Gasteiger partial charge on any atom is 0.134 e. The van der Waals surface area contributed by atoms with Crippen molar-refractivity contribution in [3.8, 4) is 0 Å². The number of nitrogens with zero attached hydrogens (tertiary/aromatic N) is 1. The first-order chi connectivity index (χ1) is 11.9. The molecule has 2 fully saturated rings. The van der Waals surface area contributed by atoms with E-state index in [2.05, 4.69) is 23.1 Å². The van der Waals surface area contributed by atoms with Crippen LogP contribution in [0.3, 0.4) is 0 Å². The average molecular weight is 329 g/mol. The van der Waals surface area contributed by atoms with E-state index in [9.17, 15) is 0 Å². The number of benzene rings is 1. The maximum absolute atomic E-state index is 5.88. The highest BCUT2D eigenvalue weighted by Crippen LogP contribution is 2.22. The first-order valence-corrected chi connectivity index (χ1v) is 9.21. The quantitative estimate of drug-likeness (QED) is 0.862. The van der Waals surface area contributed by atoms with E-state index in [4.69, 9.17) is 13.9 Å². The first kappa shape index (κ1) is 16.1. The van der Waals surface area contributed by atoms with Gasteiger partial charge in [-0.05, 0) is 48.8 Å². The predicted molar refractivity (Wildman–Crippen MR) is 94.2 cm³/mol. The Balaban J connectivity index is 1.38. The Kier molecular flexibility index (Phi) is 5.16. The molecule has 2 aliphatic rings. The molecule has 0 N–H and O–H groups in total. The van der Waals surface area contributed by atoms with Crippen molar-refractivity contribution in [1.29, 1.82) is 0 Å². The molecule has 2 saturated heterocycles. The molecule has 1 atom stereocenters. The van der Waals surface area contributed by atoms with Crippen LogP contribution in [0.1, 0.15) is 18.4 Å². The van der Waals surface area contributed by atoms with Crippen molar-refractivity contribution < 1.29 is 13.9 Å².